The standard InChI is InChI=1S/C23H36O10/c1-2-3-6-10-14-13(9-7-4-5-8-11-17(25)26)15(24)12-16(14)32-23-20(29)18(27)19(28)21(33-23)22(30)31/h6,10,13-14,16,18-21,23,27-29H,2-5,7-9,11-12H2,1H3,(H,25,26)(H,30,31)/b10-6+/t13?,14?,16?,18-,19-,20+,21-,23?/m0/s1. The fourth-order valence-electron chi connectivity index (χ4n) is 4.46. The molecule has 5 N–H and O–H groups in total. The van der Waals surface area contributed by atoms with Crippen molar-refractivity contribution in [2.45, 2.75) is 102 Å². The molecule has 1 heterocycles. The van der Waals surface area contributed by atoms with Crippen molar-refractivity contribution in [3.63, 3.8) is 0 Å². The van der Waals surface area contributed by atoms with Gasteiger partial charge in [0.15, 0.2) is 12.4 Å². The Labute approximate surface area is 193 Å². The molecule has 4 unspecified atom stereocenters. The van der Waals surface area contributed by atoms with Crippen molar-refractivity contribution in [1.29, 1.82) is 0 Å². The van der Waals surface area contributed by atoms with Crippen LogP contribution in [0.15, 0.2) is 12.2 Å². The molecule has 1 saturated heterocycles. The quantitative estimate of drug-likeness (QED) is 0.194. The maximum Gasteiger partial charge on any atom is 0.335 e. The number of aliphatic carboxylic acids is 2. The van der Waals surface area contributed by atoms with Crippen molar-refractivity contribution in [2.24, 2.45) is 11.8 Å². The third-order valence-corrected chi connectivity index (χ3v) is 6.30. The molecule has 0 aromatic carbocycles. The van der Waals surface area contributed by atoms with E-state index in [-0.39, 0.29) is 30.5 Å². The van der Waals surface area contributed by atoms with Gasteiger partial charge in [-0.05, 0) is 19.3 Å². The number of Topliss-reactive ketones (excluding diaryl/α,β-unsaturated/α-hetero) is 1. The van der Waals surface area contributed by atoms with Crippen LogP contribution >= 0.6 is 0 Å². The van der Waals surface area contributed by atoms with E-state index in [2.05, 4.69) is 0 Å². The number of aliphatic hydroxyl groups is 3. The van der Waals surface area contributed by atoms with E-state index in [0.717, 1.165) is 32.1 Å². The summed E-state index contributed by atoms with van der Waals surface area (Å²) in [7, 11) is 0. The van der Waals surface area contributed by atoms with Gasteiger partial charge < -0.3 is 35.0 Å². The molecule has 0 bridgehead atoms. The number of aliphatic hydroxyl groups excluding tert-OH is 3. The van der Waals surface area contributed by atoms with Crippen molar-refractivity contribution in [2.75, 3.05) is 0 Å². The Kier molecular flexibility index (Phi) is 10.9. The summed E-state index contributed by atoms with van der Waals surface area (Å²) in [4.78, 5) is 34.7. The highest BCUT2D eigenvalue weighted by molar-refractivity contribution is 5.84. The first-order valence-corrected chi connectivity index (χ1v) is 11.7. The third-order valence-electron chi connectivity index (χ3n) is 6.30. The number of unbranched alkanes of at least 4 members (excludes halogenated alkanes) is 4. The van der Waals surface area contributed by atoms with Crippen LogP contribution in [0.5, 0.6) is 0 Å². The molecule has 0 radical (unpaired) electrons. The Morgan fingerprint density at radius 2 is 1.76 bits per heavy atom. The summed E-state index contributed by atoms with van der Waals surface area (Å²) in [6, 6.07) is 0. The number of carbonyl (C=O) groups excluding carboxylic acids is 1. The number of hydrogen-bond acceptors (Lipinski definition) is 8. The number of allylic oxidation sites excluding steroid dienone is 1. The van der Waals surface area contributed by atoms with Gasteiger partial charge >= 0.3 is 11.9 Å². The molecule has 2 aliphatic rings. The van der Waals surface area contributed by atoms with Crippen molar-refractivity contribution in [3.05, 3.63) is 12.2 Å². The van der Waals surface area contributed by atoms with Crippen LogP contribution in [-0.4, -0.2) is 80.1 Å². The predicted molar refractivity (Wildman–Crippen MR) is 115 cm³/mol. The maximum absolute atomic E-state index is 12.8. The Balaban J connectivity index is 2.04. The molecule has 0 amide bonds. The average molecular weight is 473 g/mol. The second-order valence-corrected chi connectivity index (χ2v) is 8.83. The van der Waals surface area contributed by atoms with E-state index in [1.807, 2.05) is 19.1 Å². The van der Waals surface area contributed by atoms with E-state index in [4.69, 9.17) is 14.6 Å². The molecule has 2 fully saturated rings. The Morgan fingerprint density at radius 1 is 1.06 bits per heavy atom. The van der Waals surface area contributed by atoms with Crippen molar-refractivity contribution >= 4 is 17.7 Å². The van der Waals surface area contributed by atoms with Crippen LogP contribution in [0.4, 0.5) is 0 Å². The van der Waals surface area contributed by atoms with Gasteiger partial charge in [-0.3, -0.25) is 9.59 Å². The SMILES string of the molecule is CCC/C=C/C1C(OC2O[C@H](C(=O)O)[C@@H](O)[C@H](O)[C@H]2O)CC(=O)C1CCCCCCC(=O)O. The number of carbonyl (C=O) groups is 3. The lowest BCUT2D eigenvalue weighted by Gasteiger charge is -2.40. The summed E-state index contributed by atoms with van der Waals surface area (Å²) in [6.07, 6.45) is 0.179. The zero-order chi connectivity index (χ0) is 24.5. The first-order chi connectivity index (χ1) is 15.7. The van der Waals surface area contributed by atoms with Gasteiger partial charge in [0.25, 0.3) is 0 Å². The lowest BCUT2D eigenvalue weighted by Crippen LogP contribution is -2.61. The molecule has 33 heavy (non-hydrogen) atoms. The maximum atomic E-state index is 12.8. The minimum Gasteiger partial charge on any atom is -0.481 e. The lowest BCUT2D eigenvalue weighted by atomic mass is 9.88. The van der Waals surface area contributed by atoms with E-state index in [0.29, 0.717) is 12.8 Å². The zero-order valence-corrected chi connectivity index (χ0v) is 18.9. The van der Waals surface area contributed by atoms with Crippen molar-refractivity contribution < 1.29 is 49.4 Å². The number of ketones is 1. The second kappa shape index (κ2) is 13.1. The largest absolute Gasteiger partial charge is 0.481 e. The summed E-state index contributed by atoms with van der Waals surface area (Å²) in [5, 5.41) is 48.1. The van der Waals surface area contributed by atoms with Gasteiger partial charge in [0.1, 0.15) is 24.1 Å². The smallest absolute Gasteiger partial charge is 0.335 e. The molecule has 0 aromatic rings. The fourth-order valence-corrected chi connectivity index (χ4v) is 4.46. The number of rotatable bonds is 13. The molecule has 0 aromatic heterocycles. The summed E-state index contributed by atoms with van der Waals surface area (Å²) in [5.74, 6) is -2.93. The van der Waals surface area contributed by atoms with Crippen LogP contribution in [0.1, 0.15) is 64.7 Å². The monoisotopic (exact) mass is 472 g/mol. The van der Waals surface area contributed by atoms with Crippen LogP contribution < -0.4 is 0 Å². The van der Waals surface area contributed by atoms with Crippen LogP contribution in [-0.2, 0) is 23.9 Å². The minimum atomic E-state index is -1.81. The lowest BCUT2D eigenvalue weighted by molar-refractivity contribution is -0.305. The van der Waals surface area contributed by atoms with E-state index >= 15 is 0 Å². The van der Waals surface area contributed by atoms with Crippen LogP contribution in [0.25, 0.3) is 0 Å². The number of hydrogen-bond donors (Lipinski definition) is 5. The van der Waals surface area contributed by atoms with E-state index in [9.17, 15) is 34.8 Å². The Hall–Kier alpha value is -1.85. The van der Waals surface area contributed by atoms with Crippen molar-refractivity contribution in [1.82, 2.24) is 0 Å². The highest BCUT2D eigenvalue weighted by Gasteiger charge is 2.50. The van der Waals surface area contributed by atoms with Gasteiger partial charge in [0.05, 0.1) is 6.10 Å². The first kappa shape index (κ1) is 27.4. The zero-order valence-electron chi connectivity index (χ0n) is 18.9. The second-order valence-electron chi connectivity index (χ2n) is 8.83. The summed E-state index contributed by atoms with van der Waals surface area (Å²) >= 11 is 0. The Morgan fingerprint density at radius 3 is 2.39 bits per heavy atom. The highest BCUT2D eigenvalue weighted by atomic mass is 16.7. The molecule has 1 aliphatic carbocycles. The molecule has 8 atom stereocenters. The molecular formula is C23H36O10. The van der Waals surface area contributed by atoms with E-state index < -0.39 is 48.7 Å². The molecule has 10 nitrogen and oxygen atoms in total. The molecule has 188 valence electrons. The molecular weight excluding hydrogens is 436 g/mol. The summed E-state index contributed by atoms with van der Waals surface area (Å²) in [5.41, 5.74) is 0. The first-order valence-electron chi connectivity index (χ1n) is 11.7. The summed E-state index contributed by atoms with van der Waals surface area (Å²) in [6.45, 7) is 2.03. The van der Waals surface area contributed by atoms with Crippen molar-refractivity contribution in [3.8, 4) is 0 Å². The van der Waals surface area contributed by atoms with Crippen LogP contribution in [0.3, 0.4) is 0 Å². The van der Waals surface area contributed by atoms with Gasteiger partial charge in [0.2, 0.25) is 0 Å². The number of ether oxygens (including phenoxy) is 2. The summed E-state index contributed by atoms with van der Waals surface area (Å²) < 4.78 is 11.1. The van der Waals surface area contributed by atoms with Gasteiger partial charge in [-0.1, -0.05) is 44.8 Å². The molecule has 1 aliphatic heterocycles. The van der Waals surface area contributed by atoms with Gasteiger partial charge in [0, 0.05) is 24.7 Å². The Bertz CT molecular complexity index is 693. The molecule has 2 rings (SSSR count). The third kappa shape index (κ3) is 7.58. The highest BCUT2D eigenvalue weighted by Crippen LogP contribution is 2.38. The predicted octanol–water partition coefficient (Wildman–Crippen LogP) is 1.25. The number of carboxylic acids is 2. The van der Waals surface area contributed by atoms with Crippen LogP contribution in [0.2, 0.25) is 0 Å². The minimum absolute atomic E-state index is 0.00245. The van der Waals surface area contributed by atoms with E-state index in [1.54, 1.807) is 0 Å². The number of carboxylic acid groups (broad SMARTS) is 2. The van der Waals surface area contributed by atoms with Gasteiger partial charge in [-0.15, -0.1) is 0 Å². The molecule has 0 spiro atoms. The normalized spacial score (nSPS) is 34.7. The molecule has 10 heteroatoms. The van der Waals surface area contributed by atoms with Gasteiger partial charge in [-0.2, -0.15) is 0 Å². The average Bonchev–Trinajstić information content (AvgIpc) is 3.04. The van der Waals surface area contributed by atoms with E-state index in [1.165, 1.54) is 0 Å². The molecule has 1 saturated carbocycles. The van der Waals surface area contributed by atoms with Crippen LogP contribution in [0, 0.1) is 11.8 Å². The fraction of sp³-hybridized carbons (Fsp3) is 0.783. The van der Waals surface area contributed by atoms with Gasteiger partial charge in [-0.25, -0.2) is 4.79 Å². The topological polar surface area (TPSA) is 171 Å².